The number of H-pyrrole nitrogens is 1. The Bertz CT molecular complexity index is 526. The average molecular weight is 272 g/mol. The topological polar surface area (TPSA) is 44.0 Å². The van der Waals surface area contributed by atoms with Crippen LogP contribution in [-0.4, -0.2) is 41.0 Å². The van der Waals surface area contributed by atoms with Gasteiger partial charge in [-0.2, -0.15) is 0 Å². The van der Waals surface area contributed by atoms with Crippen molar-refractivity contribution in [1.29, 1.82) is 0 Å². The average Bonchev–Trinajstić information content (AvgIpc) is 2.71. The first-order valence-electron chi connectivity index (χ1n) is 7.77. The molecule has 4 heteroatoms. The van der Waals surface area contributed by atoms with Gasteiger partial charge in [0.1, 0.15) is 5.65 Å². The first-order chi connectivity index (χ1) is 9.93. The van der Waals surface area contributed by atoms with Crippen LogP contribution in [0.3, 0.4) is 0 Å². The van der Waals surface area contributed by atoms with E-state index in [1.165, 1.54) is 56.3 Å². The Hall–Kier alpha value is -1.39. The van der Waals surface area contributed by atoms with E-state index < -0.39 is 0 Å². The second kappa shape index (κ2) is 6.86. The summed E-state index contributed by atoms with van der Waals surface area (Å²) in [4.78, 5) is 10.1. The van der Waals surface area contributed by atoms with Crippen LogP contribution in [0.5, 0.6) is 0 Å². The number of nitrogens with zero attached hydrogens (tertiary/aromatic N) is 2. The van der Waals surface area contributed by atoms with Gasteiger partial charge in [0.05, 0.1) is 0 Å². The van der Waals surface area contributed by atoms with Gasteiger partial charge in [0, 0.05) is 37.4 Å². The lowest BCUT2D eigenvalue weighted by molar-refractivity contribution is 0.284. The molecular weight excluding hydrogens is 248 g/mol. The molecule has 0 atom stereocenters. The van der Waals surface area contributed by atoms with Gasteiger partial charge in [0.25, 0.3) is 0 Å². The van der Waals surface area contributed by atoms with Gasteiger partial charge in [0.15, 0.2) is 0 Å². The molecule has 0 aromatic carbocycles. The Labute approximate surface area is 120 Å². The highest BCUT2D eigenvalue weighted by atomic mass is 15.1. The van der Waals surface area contributed by atoms with Crippen LogP contribution in [0.25, 0.3) is 11.0 Å². The summed E-state index contributed by atoms with van der Waals surface area (Å²) in [5, 5.41) is 4.79. The molecule has 1 aliphatic rings. The zero-order valence-corrected chi connectivity index (χ0v) is 12.1. The number of aromatic nitrogens is 2. The normalized spacial score (nSPS) is 17.4. The summed E-state index contributed by atoms with van der Waals surface area (Å²) >= 11 is 0. The van der Waals surface area contributed by atoms with E-state index in [4.69, 9.17) is 0 Å². The summed E-state index contributed by atoms with van der Waals surface area (Å²) < 4.78 is 0. The fraction of sp³-hybridized carbons (Fsp3) is 0.562. The number of likely N-dealkylation sites (tertiary alicyclic amines) is 1. The summed E-state index contributed by atoms with van der Waals surface area (Å²) in [6, 6.07) is 4.13. The summed E-state index contributed by atoms with van der Waals surface area (Å²) in [6.07, 6.45) is 9.45. The minimum Gasteiger partial charge on any atom is -0.346 e. The fourth-order valence-corrected chi connectivity index (χ4v) is 2.98. The Morgan fingerprint density at radius 1 is 1.20 bits per heavy atom. The Kier molecular flexibility index (Phi) is 4.66. The molecule has 1 saturated heterocycles. The van der Waals surface area contributed by atoms with E-state index in [9.17, 15) is 0 Å². The van der Waals surface area contributed by atoms with Gasteiger partial charge >= 0.3 is 0 Å². The molecule has 0 aliphatic carbocycles. The summed E-state index contributed by atoms with van der Waals surface area (Å²) in [6.45, 7) is 5.70. The van der Waals surface area contributed by atoms with E-state index in [0.29, 0.717) is 0 Å². The minimum atomic E-state index is 0.916. The lowest BCUT2D eigenvalue weighted by Crippen LogP contribution is -2.32. The molecule has 2 aromatic heterocycles. The minimum absolute atomic E-state index is 0.916. The van der Waals surface area contributed by atoms with Gasteiger partial charge < -0.3 is 15.2 Å². The lowest BCUT2D eigenvalue weighted by Gasteiger charge is -2.19. The number of hydrogen-bond donors (Lipinski definition) is 2. The van der Waals surface area contributed by atoms with Crippen molar-refractivity contribution >= 4 is 11.0 Å². The maximum Gasteiger partial charge on any atom is 0.137 e. The molecule has 0 unspecified atom stereocenters. The maximum absolute atomic E-state index is 4.32. The molecule has 0 bridgehead atoms. The van der Waals surface area contributed by atoms with Gasteiger partial charge in [-0.05, 0) is 43.6 Å². The molecule has 0 amide bonds. The van der Waals surface area contributed by atoms with Crippen LogP contribution in [0, 0.1) is 0 Å². The molecule has 0 radical (unpaired) electrons. The second-order valence-electron chi connectivity index (χ2n) is 5.65. The SMILES string of the molecule is c1cnc2[nH]cc(CNCCN3CCCCCC3)c2c1. The zero-order valence-electron chi connectivity index (χ0n) is 12.1. The van der Waals surface area contributed by atoms with E-state index in [0.717, 1.165) is 18.7 Å². The van der Waals surface area contributed by atoms with E-state index in [-0.39, 0.29) is 0 Å². The second-order valence-corrected chi connectivity index (χ2v) is 5.65. The number of fused-ring (bicyclic) bond motifs is 1. The van der Waals surface area contributed by atoms with Crippen molar-refractivity contribution < 1.29 is 0 Å². The molecule has 0 spiro atoms. The van der Waals surface area contributed by atoms with Crippen LogP contribution in [0.2, 0.25) is 0 Å². The number of aromatic amines is 1. The van der Waals surface area contributed by atoms with Crippen molar-refractivity contribution in [2.75, 3.05) is 26.2 Å². The third kappa shape index (κ3) is 3.38. The molecule has 1 fully saturated rings. The van der Waals surface area contributed by atoms with E-state index >= 15 is 0 Å². The molecule has 20 heavy (non-hydrogen) atoms. The number of hydrogen-bond acceptors (Lipinski definition) is 3. The molecule has 2 N–H and O–H groups in total. The predicted octanol–water partition coefficient (Wildman–Crippen LogP) is 2.53. The van der Waals surface area contributed by atoms with Crippen LogP contribution in [0.15, 0.2) is 24.5 Å². The number of pyridine rings is 1. The van der Waals surface area contributed by atoms with Gasteiger partial charge in [-0.25, -0.2) is 4.98 Å². The van der Waals surface area contributed by atoms with Crippen LogP contribution in [-0.2, 0) is 6.54 Å². The van der Waals surface area contributed by atoms with Crippen molar-refractivity contribution in [2.24, 2.45) is 0 Å². The molecular formula is C16H24N4. The molecule has 2 aromatic rings. The van der Waals surface area contributed by atoms with Crippen LogP contribution in [0.1, 0.15) is 31.2 Å². The third-order valence-electron chi connectivity index (χ3n) is 4.16. The highest BCUT2D eigenvalue weighted by molar-refractivity contribution is 5.79. The first-order valence-corrected chi connectivity index (χ1v) is 7.77. The molecule has 3 rings (SSSR count). The Balaban J connectivity index is 1.45. The van der Waals surface area contributed by atoms with Crippen LogP contribution >= 0.6 is 0 Å². The highest BCUT2D eigenvalue weighted by Gasteiger charge is 2.08. The zero-order chi connectivity index (χ0) is 13.6. The smallest absolute Gasteiger partial charge is 0.137 e. The molecule has 1 aliphatic heterocycles. The Morgan fingerprint density at radius 3 is 2.90 bits per heavy atom. The highest BCUT2D eigenvalue weighted by Crippen LogP contribution is 2.15. The van der Waals surface area contributed by atoms with Crippen molar-refractivity contribution in [3.05, 3.63) is 30.1 Å². The standard InChI is InChI=1S/C16H24N4/c1-2-4-10-20(9-3-1)11-8-17-12-14-13-19-16-15(14)6-5-7-18-16/h5-7,13,17H,1-4,8-12H2,(H,18,19). The largest absolute Gasteiger partial charge is 0.346 e. The van der Waals surface area contributed by atoms with Gasteiger partial charge in [-0.15, -0.1) is 0 Å². The molecule has 3 heterocycles. The number of rotatable bonds is 5. The van der Waals surface area contributed by atoms with Crippen molar-refractivity contribution in [3.63, 3.8) is 0 Å². The van der Waals surface area contributed by atoms with E-state index in [1.54, 1.807) is 0 Å². The van der Waals surface area contributed by atoms with Crippen LogP contribution in [0.4, 0.5) is 0 Å². The van der Waals surface area contributed by atoms with Gasteiger partial charge in [-0.3, -0.25) is 0 Å². The maximum atomic E-state index is 4.32. The predicted molar refractivity (Wildman–Crippen MR) is 82.7 cm³/mol. The van der Waals surface area contributed by atoms with E-state index in [1.807, 2.05) is 12.3 Å². The van der Waals surface area contributed by atoms with Crippen molar-refractivity contribution in [3.8, 4) is 0 Å². The van der Waals surface area contributed by atoms with Gasteiger partial charge in [-0.1, -0.05) is 12.8 Å². The van der Waals surface area contributed by atoms with Crippen molar-refractivity contribution in [1.82, 2.24) is 20.2 Å². The van der Waals surface area contributed by atoms with Crippen molar-refractivity contribution in [2.45, 2.75) is 32.2 Å². The third-order valence-corrected chi connectivity index (χ3v) is 4.16. The Morgan fingerprint density at radius 2 is 2.05 bits per heavy atom. The summed E-state index contributed by atoms with van der Waals surface area (Å²) in [5.74, 6) is 0. The monoisotopic (exact) mass is 272 g/mol. The summed E-state index contributed by atoms with van der Waals surface area (Å²) in [5.41, 5.74) is 2.29. The molecule has 108 valence electrons. The molecule has 4 nitrogen and oxygen atoms in total. The van der Waals surface area contributed by atoms with Gasteiger partial charge in [0.2, 0.25) is 0 Å². The summed E-state index contributed by atoms with van der Waals surface area (Å²) in [7, 11) is 0. The first kappa shape index (κ1) is 13.6. The lowest BCUT2D eigenvalue weighted by atomic mass is 10.2. The van der Waals surface area contributed by atoms with Crippen LogP contribution < -0.4 is 5.32 Å². The quantitative estimate of drug-likeness (QED) is 0.822. The fourth-order valence-electron chi connectivity index (χ4n) is 2.98. The van der Waals surface area contributed by atoms with E-state index in [2.05, 4.69) is 32.4 Å². The molecule has 0 saturated carbocycles. The number of nitrogens with one attached hydrogen (secondary N) is 2.